The van der Waals surface area contributed by atoms with Gasteiger partial charge in [-0.05, 0) is 24.1 Å². The maximum atomic E-state index is 12.1. The van der Waals surface area contributed by atoms with E-state index in [1.165, 1.54) is 12.1 Å². The molecule has 0 aliphatic heterocycles. The van der Waals surface area contributed by atoms with Crippen LogP contribution in [0.2, 0.25) is 5.02 Å². The van der Waals surface area contributed by atoms with Crippen LogP contribution in [0.15, 0.2) is 48.5 Å². The summed E-state index contributed by atoms with van der Waals surface area (Å²) in [7, 11) is 0. The van der Waals surface area contributed by atoms with Gasteiger partial charge < -0.3 is 10.1 Å². The highest BCUT2D eigenvalue weighted by atomic mass is 35.5. The zero-order valence-electron chi connectivity index (χ0n) is 14.7. The van der Waals surface area contributed by atoms with E-state index in [-0.39, 0.29) is 16.6 Å². The number of hydrogen-bond acceptors (Lipinski definition) is 5. The molecule has 2 aromatic rings. The number of rotatable bonds is 8. The zero-order valence-corrected chi connectivity index (χ0v) is 15.4. The monoisotopic (exact) mass is 390 g/mol. The van der Waals surface area contributed by atoms with Gasteiger partial charge in [0.25, 0.3) is 11.6 Å². The fourth-order valence-electron chi connectivity index (χ4n) is 2.53. The van der Waals surface area contributed by atoms with Crippen molar-refractivity contribution in [1.82, 2.24) is 5.32 Å². The molecule has 8 heteroatoms. The third-order valence-electron chi connectivity index (χ3n) is 3.83. The zero-order chi connectivity index (χ0) is 19.8. The Morgan fingerprint density at radius 3 is 2.56 bits per heavy atom. The number of carbonyl (C=O) groups excluding carboxylic acids is 2. The van der Waals surface area contributed by atoms with Crippen molar-refractivity contribution < 1.29 is 19.2 Å². The Morgan fingerprint density at radius 1 is 1.22 bits per heavy atom. The number of hydrogen-bond donors (Lipinski definition) is 1. The fraction of sp³-hybridized carbons (Fsp3) is 0.263. The molecule has 0 aliphatic carbocycles. The lowest BCUT2D eigenvalue weighted by atomic mass is 10.0. The van der Waals surface area contributed by atoms with E-state index in [0.717, 1.165) is 24.5 Å². The number of benzene rings is 2. The minimum absolute atomic E-state index is 0.0490. The van der Waals surface area contributed by atoms with Crippen LogP contribution in [0.25, 0.3) is 0 Å². The van der Waals surface area contributed by atoms with Crippen molar-refractivity contribution in [2.75, 3.05) is 6.61 Å². The van der Waals surface area contributed by atoms with Crippen molar-refractivity contribution in [3.8, 4) is 0 Å². The smallest absolute Gasteiger partial charge is 0.338 e. The Labute approximate surface area is 161 Å². The van der Waals surface area contributed by atoms with Gasteiger partial charge in [-0.2, -0.15) is 0 Å². The average molecular weight is 391 g/mol. The van der Waals surface area contributed by atoms with Gasteiger partial charge in [-0.3, -0.25) is 14.9 Å². The Balaban J connectivity index is 1.97. The molecule has 0 heterocycles. The number of nitro benzene ring substituents is 1. The highest BCUT2D eigenvalue weighted by Gasteiger charge is 2.19. The lowest BCUT2D eigenvalue weighted by molar-refractivity contribution is -0.384. The van der Waals surface area contributed by atoms with Gasteiger partial charge in [-0.15, -0.1) is 0 Å². The Bertz CT molecular complexity index is 826. The van der Waals surface area contributed by atoms with Crippen LogP contribution in [0, 0.1) is 10.1 Å². The summed E-state index contributed by atoms with van der Waals surface area (Å²) in [6, 6.07) is 12.9. The van der Waals surface area contributed by atoms with Crippen LogP contribution in [0.3, 0.4) is 0 Å². The molecule has 1 unspecified atom stereocenters. The van der Waals surface area contributed by atoms with E-state index >= 15 is 0 Å². The second-order valence-electron chi connectivity index (χ2n) is 5.82. The molecular formula is C19H19ClN2O5. The molecule has 142 valence electrons. The first-order valence-corrected chi connectivity index (χ1v) is 8.75. The largest absolute Gasteiger partial charge is 0.452 e. The molecule has 0 fully saturated rings. The van der Waals surface area contributed by atoms with Gasteiger partial charge in [0.05, 0.1) is 16.5 Å². The number of halogens is 1. The molecule has 1 atom stereocenters. The minimum Gasteiger partial charge on any atom is -0.452 e. The molecule has 0 radical (unpaired) electrons. The van der Waals surface area contributed by atoms with Crippen LogP contribution in [0.4, 0.5) is 5.69 Å². The van der Waals surface area contributed by atoms with Gasteiger partial charge in [-0.1, -0.05) is 55.3 Å². The Hall–Kier alpha value is -2.93. The van der Waals surface area contributed by atoms with Crippen LogP contribution in [0.1, 0.15) is 41.7 Å². The maximum Gasteiger partial charge on any atom is 0.338 e. The van der Waals surface area contributed by atoms with Crippen molar-refractivity contribution in [1.29, 1.82) is 0 Å². The number of nitrogens with zero attached hydrogens (tertiary/aromatic N) is 1. The van der Waals surface area contributed by atoms with Crippen LogP contribution in [-0.4, -0.2) is 23.4 Å². The summed E-state index contributed by atoms with van der Waals surface area (Å²) >= 11 is 5.71. The van der Waals surface area contributed by atoms with Crippen molar-refractivity contribution >= 4 is 29.2 Å². The van der Waals surface area contributed by atoms with Crippen LogP contribution < -0.4 is 5.32 Å². The molecule has 27 heavy (non-hydrogen) atoms. The van der Waals surface area contributed by atoms with Crippen LogP contribution in [0.5, 0.6) is 0 Å². The van der Waals surface area contributed by atoms with Gasteiger partial charge in [0.15, 0.2) is 6.61 Å². The van der Waals surface area contributed by atoms with Gasteiger partial charge in [0.2, 0.25) is 0 Å². The number of carbonyl (C=O) groups is 2. The second kappa shape index (κ2) is 9.68. The van der Waals surface area contributed by atoms with Crippen molar-refractivity contribution in [2.45, 2.75) is 25.8 Å². The molecule has 0 bridgehead atoms. The summed E-state index contributed by atoms with van der Waals surface area (Å²) in [6.45, 7) is 1.53. The van der Waals surface area contributed by atoms with E-state index in [0.29, 0.717) is 0 Å². The molecule has 0 saturated carbocycles. The van der Waals surface area contributed by atoms with Crippen molar-refractivity contribution in [3.63, 3.8) is 0 Å². The van der Waals surface area contributed by atoms with Gasteiger partial charge in [0.1, 0.15) is 5.02 Å². The van der Waals surface area contributed by atoms with Crippen molar-refractivity contribution in [2.24, 2.45) is 0 Å². The highest BCUT2D eigenvalue weighted by molar-refractivity contribution is 6.32. The van der Waals surface area contributed by atoms with Crippen LogP contribution >= 0.6 is 11.6 Å². The number of amides is 1. The summed E-state index contributed by atoms with van der Waals surface area (Å²) in [4.78, 5) is 34.4. The second-order valence-corrected chi connectivity index (χ2v) is 6.23. The van der Waals surface area contributed by atoms with E-state index in [1.807, 2.05) is 37.3 Å². The first-order chi connectivity index (χ1) is 12.9. The Morgan fingerprint density at radius 2 is 1.93 bits per heavy atom. The van der Waals surface area contributed by atoms with Gasteiger partial charge >= 0.3 is 5.97 Å². The minimum atomic E-state index is -0.836. The van der Waals surface area contributed by atoms with E-state index in [4.69, 9.17) is 16.3 Å². The maximum absolute atomic E-state index is 12.1. The molecule has 0 saturated heterocycles. The molecule has 2 rings (SSSR count). The topological polar surface area (TPSA) is 98.5 Å². The molecule has 7 nitrogen and oxygen atoms in total. The van der Waals surface area contributed by atoms with Gasteiger partial charge in [-0.25, -0.2) is 4.79 Å². The molecule has 0 spiro atoms. The predicted octanol–water partition coefficient (Wildman–Crippen LogP) is 4.06. The summed E-state index contributed by atoms with van der Waals surface area (Å²) in [5, 5.41) is 13.6. The van der Waals surface area contributed by atoms with E-state index in [9.17, 15) is 19.7 Å². The molecule has 0 aliphatic rings. The third-order valence-corrected chi connectivity index (χ3v) is 4.15. The van der Waals surface area contributed by atoms with Crippen LogP contribution in [-0.2, 0) is 9.53 Å². The SMILES string of the molecule is CCCC(NC(=O)COC(=O)c1ccc(Cl)c([N+](=O)[O-])c1)c1ccccc1. The van der Waals surface area contributed by atoms with Crippen molar-refractivity contribution in [3.05, 3.63) is 74.8 Å². The first kappa shape index (κ1) is 20.4. The molecule has 2 aromatic carbocycles. The number of ether oxygens (including phenoxy) is 1. The number of nitro groups is 1. The number of nitrogens with one attached hydrogen (secondary N) is 1. The summed E-state index contributed by atoms with van der Waals surface area (Å²) in [5.74, 6) is -1.29. The summed E-state index contributed by atoms with van der Waals surface area (Å²) in [6.07, 6.45) is 1.61. The lowest BCUT2D eigenvalue weighted by Crippen LogP contribution is -2.32. The summed E-state index contributed by atoms with van der Waals surface area (Å²) < 4.78 is 4.96. The first-order valence-electron chi connectivity index (χ1n) is 8.37. The normalized spacial score (nSPS) is 11.5. The summed E-state index contributed by atoms with van der Waals surface area (Å²) in [5.41, 5.74) is 0.516. The highest BCUT2D eigenvalue weighted by Crippen LogP contribution is 2.25. The third kappa shape index (κ3) is 5.79. The standard InChI is InChI=1S/C19H19ClN2O5/c1-2-6-16(13-7-4-3-5-8-13)21-18(23)12-27-19(24)14-9-10-15(20)17(11-14)22(25)26/h3-5,7-11,16H,2,6,12H2,1H3,(H,21,23). The molecule has 1 amide bonds. The quantitative estimate of drug-likeness (QED) is 0.416. The molecular weight excluding hydrogens is 372 g/mol. The number of esters is 1. The Kier molecular flexibility index (Phi) is 7.31. The van der Waals surface area contributed by atoms with E-state index < -0.39 is 29.1 Å². The van der Waals surface area contributed by atoms with E-state index in [2.05, 4.69) is 5.32 Å². The predicted molar refractivity (Wildman–Crippen MR) is 101 cm³/mol. The lowest BCUT2D eigenvalue weighted by Gasteiger charge is -2.18. The fourth-order valence-corrected chi connectivity index (χ4v) is 2.71. The molecule has 1 N–H and O–H groups in total. The average Bonchev–Trinajstić information content (AvgIpc) is 2.66. The molecule has 0 aromatic heterocycles. The van der Waals surface area contributed by atoms with Gasteiger partial charge in [0, 0.05) is 6.07 Å². The van der Waals surface area contributed by atoms with E-state index in [1.54, 1.807) is 0 Å².